The lowest BCUT2D eigenvalue weighted by atomic mass is 10.1. The molecule has 1 aliphatic rings. The second-order valence-corrected chi connectivity index (χ2v) is 6.61. The van der Waals surface area contributed by atoms with Gasteiger partial charge in [0.25, 0.3) is 11.8 Å². The van der Waals surface area contributed by atoms with E-state index < -0.39 is 0 Å². The molecule has 0 saturated heterocycles. The van der Waals surface area contributed by atoms with E-state index in [0.717, 1.165) is 11.3 Å². The van der Waals surface area contributed by atoms with Crippen LogP contribution in [0.3, 0.4) is 0 Å². The zero-order valence-electron chi connectivity index (χ0n) is 16.0. The molecule has 2 heterocycles. The Hall–Kier alpha value is -3.81. The summed E-state index contributed by atoms with van der Waals surface area (Å²) in [6, 6.07) is 14.6. The molecule has 2 N–H and O–H groups in total. The van der Waals surface area contributed by atoms with Crippen LogP contribution in [0.4, 0.5) is 5.69 Å². The largest absolute Gasteiger partial charge is 0.493 e. The van der Waals surface area contributed by atoms with Crippen LogP contribution in [-0.4, -0.2) is 35.3 Å². The molecule has 4 rings (SSSR count). The Labute approximate surface area is 167 Å². The lowest BCUT2D eigenvalue weighted by Gasteiger charge is -2.20. The second-order valence-electron chi connectivity index (χ2n) is 6.61. The smallest absolute Gasteiger partial charge is 0.276 e. The van der Waals surface area contributed by atoms with Crippen LogP contribution < -0.4 is 20.1 Å². The van der Waals surface area contributed by atoms with Gasteiger partial charge in [0.15, 0.2) is 18.1 Å². The topological polar surface area (TPSA) is 94.5 Å². The average molecular weight is 392 g/mol. The monoisotopic (exact) mass is 392 g/mol. The molecule has 8 heteroatoms. The normalized spacial score (nSPS) is 13.7. The van der Waals surface area contributed by atoms with Gasteiger partial charge in [-0.1, -0.05) is 24.3 Å². The molecule has 0 spiro atoms. The van der Waals surface area contributed by atoms with Gasteiger partial charge in [0, 0.05) is 0 Å². The van der Waals surface area contributed by atoms with Crippen molar-refractivity contribution < 1.29 is 19.1 Å². The molecule has 2 amide bonds. The Morgan fingerprint density at radius 3 is 2.83 bits per heavy atom. The number of fused-ring (bicyclic) bond motifs is 1. The van der Waals surface area contributed by atoms with Gasteiger partial charge in [-0.2, -0.15) is 5.10 Å². The van der Waals surface area contributed by atoms with E-state index in [0.29, 0.717) is 17.2 Å². The summed E-state index contributed by atoms with van der Waals surface area (Å²) in [6.07, 6.45) is 1.67. The molecular formula is C21H20N4O4. The van der Waals surface area contributed by atoms with Crippen LogP contribution in [0.1, 0.15) is 29.0 Å². The zero-order chi connectivity index (χ0) is 20.4. The van der Waals surface area contributed by atoms with E-state index in [1.54, 1.807) is 23.0 Å². The first-order valence-electron chi connectivity index (χ1n) is 9.11. The van der Waals surface area contributed by atoms with E-state index in [1.165, 1.54) is 7.11 Å². The predicted octanol–water partition coefficient (Wildman–Crippen LogP) is 2.70. The van der Waals surface area contributed by atoms with Crippen molar-refractivity contribution in [1.29, 1.82) is 0 Å². The average Bonchev–Trinajstić information content (AvgIpc) is 3.18. The minimum atomic E-state index is -0.359. The summed E-state index contributed by atoms with van der Waals surface area (Å²) >= 11 is 0. The number of methoxy groups -OCH3 is 1. The minimum Gasteiger partial charge on any atom is -0.493 e. The van der Waals surface area contributed by atoms with Gasteiger partial charge < -0.3 is 20.1 Å². The zero-order valence-corrected chi connectivity index (χ0v) is 16.0. The maximum absolute atomic E-state index is 12.8. The Bertz CT molecular complexity index is 1060. The molecule has 0 bridgehead atoms. The molecule has 148 valence electrons. The second kappa shape index (κ2) is 7.67. The van der Waals surface area contributed by atoms with E-state index in [2.05, 4.69) is 15.7 Å². The number of carbonyl (C=O) groups is 2. The summed E-state index contributed by atoms with van der Waals surface area (Å²) in [5.41, 5.74) is 2.43. The molecule has 0 fully saturated rings. The summed E-state index contributed by atoms with van der Waals surface area (Å²) in [7, 11) is 1.50. The Balaban J connectivity index is 1.54. The fraction of sp³-hybridized carbons (Fsp3) is 0.190. The Morgan fingerprint density at radius 2 is 2.07 bits per heavy atom. The van der Waals surface area contributed by atoms with E-state index in [1.807, 2.05) is 43.3 Å². The van der Waals surface area contributed by atoms with Crippen molar-refractivity contribution in [2.45, 2.75) is 13.0 Å². The Kier molecular flexibility index (Phi) is 4.90. The number of benzene rings is 2. The molecule has 29 heavy (non-hydrogen) atoms. The molecular weight excluding hydrogens is 372 g/mol. The van der Waals surface area contributed by atoms with Crippen molar-refractivity contribution in [2.24, 2.45) is 0 Å². The molecule has 0 unspecified atom stereocenters. The van der Waals surface area contributed by atoms with Crippen LogP contribution in [0.5, 0.6) is 11.5 Å². The molecule has 3 aromatic rings. The molecule has 1 atom stereocenters. The highest BCUT2D eigenvalue weighted by atomic mass is 16.5. The number of rotatable bonds is 5. The van der Waals surface area contributed by atoms with Gasteiger partial charge >= 0.3 is 0 Å². The summed E-state index contributed by atoms with van der Waals surface area (Å²) in [6.45, 7) is 1.86. The number of nitrogens with one attached hydrogen (secondary N) is 2. The van der Waals surface area contributed by atoms with E-state index >= 15 is 0 Å². The molecule has 1 aliphatic heterocycles. The predicted molar refractivity (Wildman–Crippen MR) is 107 cm³/mol. The first-order valence-corrected chi connectivity index (χ1v) is 9.11. The highest BCUT2D eigenvalue weighted by Gasteiger charge is 2.22. The van der Waals surface area contributed by atoms with Crippen LogP contribution in [0.15, 0.2) is 54.7 Å². The van der Waals surface area contributed by atoms with Crippen LogP contribution in [-0.2, 0) is 4.79 Å². The lowest BCUT2D eigenvalue weighted by Crippen LogP contribution is -2.28. The number of aromatic nitrogens is 2. The molecule has 0 saturated carbocycles. The third kappa shape index (κ3) is 3.77. The summed E-state index contributed by atoms with van der Waals surface area (Å²) in [4.78, 5) is 24.4. The highest BCUT2D eigenvalue weighted by molar-refractivity contribution is 5.96. The third-order valence-corrected chi connectivity index (χ3v) is 4.62. The van der Waals surface area contributed by atoms with Crippen LogP contribution in [0.2, 0.25) is 0 Å². The number of amides is 2. The van der Waals surface area contributed by atoms with Gasteiger partial charge in [-0.15, -0.1) is 0 Å². The summed E-state index contributed by atoms with van der Waals surface area (Å²) < 4.78 is 12.3. The maximum atomic E-state index is 12.8. The van der Waals surface area contributed by atoms with Crippen molar-refractivity contribution in [2.75, 3.05) is 19.0 Å². The number of ether oxygens (including phenoxy) is 2. The van der Waals surface area contributed by atoms with E-state index in [4.69, 9.17) is 9.47 Å². The number of anilines is 1. The van der Waals surface area contributed by atoms with Crippen molar-refractivity contribution in [1.82, 2.24) is 15.1 Å². The molecule has 0 radical (unpaired) electrons. The SMILES string of the molecule is COc1cn(-c2ccccc2)nc1C(=O)N[C@@H](C)c1ccc2c(c1)NC(=O)CO2. The van der Waals surface area contributed by atoms with Crippen molar-refractivity contribution in [3.63, 3.8) is 0 Å². The minimum absolute atomic E-state index is 0.00248. The van der Waals surface area contributed by atoms with Gasteiger partial charge in [0.2, 0.25) is 0 Å². The number of nitrogens with zero attached hydrogens (tertiary/aromatic N) is 2. The van der Waals surface area contributed by atoms with Crippen LogP contribution in [0, 0.1) is 0 Å². The fourth-order valence-corrected chi connectivity index (χ4v) is 3.10. The van der Waals surface area contributed by atoms with Crippen molar-refractivity contribution in [3.05, 3.63) is 66.0 Å². The van der Waals surface area contributed by atoms with Gasteiger partial charge in [-0.05, 0) is 36.8 Å². The third-order valence-electron chi connectivity index (χ3n) is 4.62. The summed E-state index contributed by atoms with van der Waals surface area (Å²) in [5.74, 6) is 0.421. The molecule has 1 aromatic heterocycles. The first kappa shape index (κ1) is 18.5. The highest BCUT2D eigenvalue weighted by Crippen LogP contribution is 2.30. The van der Waals surface area contributed by atoms with Crippen LogP contribution in [0.25, 0.3) is 5.69 Å². The summed E-state index contributed by atoms with van der Waals surface area (Å²) in [5, 5.41) is 10.1. The van der Waals surface area contributed by atoms with E-state index in [9.17, 15) is 9.59 Å². The maximum Gasteiger partial charge on any atom is 0.276 e. The van der Waals surface area contributed by atoms with Crippen LogP contribution >= 0.6 is 0 Å². The van der Waals surface area contributed by atoms with Gasteiger partial charge in [-0.3, -0.25) is 9.59 Å². The number of hydrogen-bond acceptors (Lipinski definition) is 5. The standard InChI is InChI=1S/C21H20N4O4/c1-13(14-8-9-17-16(10-14)23-19(26)12-29-17)22-21(27)20-18(28-2)11-25(24-20)15-6-4-3-5-7-15/h3-11,13H,12H2,1-2H3,(H,22,27)(H,23,26)/t13-/m0/s1. The van der Waals surface area contributed by atoms with Crippen molar-refractivity contribution >= 4 is 17.5 Å². The van der Waals surface area contributed by atoms with Gasteiger partial charge in [0.05, 0.1) is 30.7 Å². The van der Waals surface area contributed by atoms with E-state index in [-0.39, 0.29) is 30.2 Å². The van der Waals surface area contributed by atoms with Gasteiger partial charge in [-0.25, -0.2) is 4.68 Å². The lowest BCUT2D eigenvalue weighted by molar-refractivity contribution is -0.118. The molecule has 2 aromatic carbocycles. The number of carbonyl (C=O) groups excluding carboxylic acids is 2. The molecule has 8 nitrogen and oxygen atoms in total. The number of hydrogen-bond donors (Lipinski definition) is 2. The molecule has 0 aliphatic carbocycles. The fourth-order valence-electron chi connectivity index (χ4n) is 3.10. The number of para-hydroxylation sites is 1. The van der Waals surface area contributed by atoms with Crippen molar-refractivity contribution in [3.8, 4) is 17.2 Å². The quantitative estimate of drug-likeness (QED) is 0.696. The Morgan fingerprint density at radius 1 is 1.28 bits per heavy atom. The first-order chi connectivity index (χ1) is 14.0. The van der Waals surface area contributed by atoms with Gasteiger partial charge in [0.1, 0.15) is 5.75 Å².